The van der Waals surface area contributed by atoms with Crippen LogP contribution < -0.4 is 9.04 Å². The van der Waals surface area contributed by atoms with Crippen LogP contribution >= 0.6 is 11.6 Å². The predicted molar refractivity (Wildman–Crippen MR) is 106 cm³/mol. The number of nitrogens with zero attached hydrogens (tertiary/aromatic N) is 1. The van der Waals surface area contributed by atoms with Crippen LogP contribution in [0.25, 0.3) is 0 Å². The van der Waals surface area contributed by atoms with Gasteiger partial charge in [0.05, 0.1) is 25.2 Å². The summed E-state index contributed by atoms with van der Waals surface area (Å²) < 4.78 is 35.8. The van der Waals surface area contributed by atoms with Crippen molar-refractivity contribution in [2.75, 3.05) is 30.3 Å². The van der Waals surface area contributed by atoms with Gasteiger partial charge in [-0.3, -0.25) is 9.10 Å². The monoisotopic (exact) mass is 411 g/mol. The molecule has 2 aromatic rings. The lowest BCUT2D eigenvalue weighted by Gasteiger charge is -2.23. The lowest BCUT2D eigenvalue weighted by atomic mass is 10.2. The van der Waals surface area contributed by atoms with E-state index in [1.807, 2.05) is 0 Å². The van der Waals surface area contributed by atoms with Gasteiger partial charge in [0.15, 0.2) is 0 Å². The number of hydrogen-bond acceptors (Lipinski definition) is 5. The lowest BCUT2D eigenvalue weighted by Crippen LogP contribution is -2.36. The molecule has 146 valence electrons. The summed E-state index contributed by atoms with van der Waals surface area (Å²) in [6, 6.07) is 13.9. The Morgan fingerprint density at radius 2 is 1.74 bits per heavy atom. The molecule has 0 spiro atoms. The minimum atomic E-state index is -3.61. The summed E-state index contributed by atoms with van der Waals surface area (Å²) >= 11 is 5.80. The second-order valence-electron chi connectivity index (χ2n) is 5.93. The van der Waals surface area contributed by atoms with Crippen LogP contribution in [0.1, 0.15) is 12.0 Å². The van der Waals surface area contributed by atoms with Gasteiger partial charge >= 0.3 is 5.97 Å². The third kappa shape index (κ3) is 6.77. The fourth-order valence-electron chi connectivity index (χ4n) is 2.35. The molecule has 0 aliphatic heterocycles. The molecule has 0 N–H and O–H groups in total. The number of carbonyl (C=O) groups excluding carboxylic acids is 1. The first-order valence-electron chi connectivity index (χ1n) is 8.34. The van der Waals surface area contributed by atoms with Crippen LogP contribution in [0, 0.1) is 6.92 Å². The first-order chi connectivity index (χ1) is 12.8. The Morgan fingerprint density at radius 3 is 2.37 bits per heavy atom. The Hall–Kier alpha value is -2.25. The van der Waals surface area contributed by atoms with Crippen LogP contribution in [0.4, 0.5) is 5.69 Å². The second-order valence-corrected chi connectivity index (χ2v) is 8.28. The smallest absolute Gasteiger partial charge is 0.326 e. The van der Waals surface area contributed by atoms with E-state index in [4.69, 9.17) is 21.1 Å². The third-order valence-corrected chi connectivity index (χ3v) is 5.07. The molecule has 0 saturated heterocycles. The zero-order valence-corrected chi connectivity index (χ0v) is 16.8. The van der Waals surface area contributed by atoms with Crippen molar-refractivity contribution in [3.8, 4) is 5.75 Å². The molecule has 0 aliphatic rings. The van der Waals surface area contributed by atoms with Crippen molar-refractivity contribution in [3.05, 3.63) is 59.1 Å². The molecule has 0 bridgehead atoms. The molecule has 6 nitrogen and oxygen atoms in total. The molecular formula is C19H22ClNO5S. The minimum Gasteiger partial charge on any atom is -0.493 e. The average Bonchev–Trinajstić information content (AvgIpc) is 2.61. The van der Waals surface area contributed by atoms with Crippen molar-refractivity contribution in [2.24, 2.45) is 0 Å². The molecule has 27 heavy (non-hydrogen) atoms. The van der Waals surface area contributed by atoms with E-state index in [-0.39, 0.29) is 13.2 Å². The maximum absolute atomic E-state index is 12.1. The van der Waals surface area contributed by atoms with Gasteiger partial charge in [0.1, 0.15) is 12.3 Å². The fourth-order valence-corrected chi connectivity index (χ4v) is 3.38. The van der Waals surface area contributed by atoms with E-state index in [1.54, 1.807) is 55.5 Å². The maximum atomic E-state index is 12.1. The number of para-hydroxylation sites is 1. The largest absolute Gasteiger partial charge is 0.493 e. The summed E-state index contributed by atoms with van der Waals surface area (Å²) in [7, 11) is -3.61. The highest BCUT2D eigenvalue weighted by atomic mass is 35.5. The number of carbonyl (C=O) groups is 1. The van der Waals surface area contributed by atoms with E-state index < -0.39 is 16.0 Å². The van der Waals surface area contributed by atoms with E-state index >= 15 is 0 Å². The zero-order chi connectivity index (χ0) is 19.9. The summed E-state index contributed by atoms with van der Waals surface area (Å²) in [6.07, 6.45) is 1.55. The van der Waals surface area contributed by atoms with Gasteiger partial charge in [-0.1, -0.05) is 29.8 Å². The summed E-state index contributed by atoms with van der Waals surface area (Å²) in [5.74, 6) is 0.0590. The number of esters is 1. The van der Waals surface area contributed by atoms with E-state index in [9.17, 15) is 13.2 Å². The van der Waals surface area contributed by atoms with Crippen molar-refractivity contribution in [2.45, 2.75) is 13.3 Å². The van der Waals surface area contributed by atoms with Crippen LogP contribution in [0.5, 0.6) is 5.75 Å². The van der Waals surface area contributed by atoms with Crippen LogP contribution in [0.15, 0.2) is 48.5 Å². The molecular weight excluding hydrogens is 390 g/mol. The summed E-state index contributed by atoms with van der Waals surface area (Å²) in [4.78, 5) is 12.1. The SMILES string of the molecule is Cc1ccccc1N(CC(=O)OCCCOc1ccc(Cl)cc1)S(C)(=O)=O. The summed E-state index contributed by atoms with van der Waals surface area (Å²) in [6.45, 7) is 1.91. The Kier molecular flexibility index (Phi) is 7.50. The number of sulfonamides is 1. The molecule has 0 radical (unpaired) electrons. The minimum absolute atomic E-state index is 0.137. The van der Waals surface area contributed by atoms with Crippen molar-refractivity contribution in [1.29, 1.82) is 0 Å². The first-order valence-corrected chi connectivity index (χ1v) is 10.6. The van der Waals surface area contributed by atoms with Crippen LogP contribution in [-0.4, -0.2) is 40.4 Å². The number of benzene rings is 2. The fraction of sp³-hybridized carbons (Fsp3) is 0.316. The highest BCUT2D eigenvalue weighted by molar-refractivity contribution is 7.92. The van der Waals surface area contributed by atoms with E-state index in [2.05, 4.69) is 0 Å². The van der Waals surface area contributed by atoms with Gasteiger partial charge in [0.25, 0.3) is 0 Å². The van der Waals surface area contributed by atoms with Gasteiger partial charge < -0.3 is 9.47 Å². The Balaban J connectivity index is 1.82. The number of halogens is 1. The van der Waals surface area contributed by atoms with Gasteiger partial charge in [0.2, 0.25) is 10.0 Å². The zero-order valence-electron chi connectivity index (χ0n) is 15.2. The summed E-state index contributed by atoms with van der Waals surface area (Å²) in [5.41, 5.74) is 1.22. The maximum Gasteiger partial charge on any atom is 0.326 e. The van der Waals surface area contributed by atoms with Crippen LogP contribution in [0.3, 0.4) is 0 Å². The van der Waals surface area contributed by atoms with E-state index in [0.29, 0.717) is 29.5 Å². The molecule has 0 heterocycles. The number of aryl methyl sites for hydroxylation is 1. The highest BCUT2D eigenvalue weighted by Gasteiger charge is 2.22. The molecule has 0 amide bonds. The predicted octanol–water partition coefficient (Wildman–Crippen LogP) is 3.43. The van der Waals surface area contributed by atoms with Gasteiger partial charge in [0, 0.05) is 11.4 Å². The topological polar surface area (TPSA) is 72.9 Å². The average molecular weight is 412 g/mol. The Labute approximate surface area is 164 Å². The van der Waals surface area contributed by atoms with Crippen molar-refractivity contribution in [3.63, 3.8) is 0 Å². The van der Waals surface area contributed by atoms with Gasteiger partial charge in [-0.2, -0.15) is 0 Å². The molecule has 2 rings (SSSR count). The number of anilines is 1. The second kappa shape index (κ2) is 9.62. The quantitative estimate of drug-likeness (QED) is 0.467. The van der Waals surface area contributed by atoms with Crippen LogP contribution in [-0.2, 0) is 19.6 Å². The number of hydrogen-bond donors (Lipinski definition) is 0. The number of ether oxygens (including phenoxy) is 2. The molecule has 0 atom stereocenters. The molecule has 8 heteroatoms. The van der Waals surface area contributed by atoms with Gasteiger partial charge in [-0.15, -0.1) is 0 Å². The van der Waals surface area contributed by atoms with Crippen molar-refractivity contribution >= 4 is 33.3 Å². The summed E-state index contributed by atoms with van der Waals surface area (Å²) in [5, 5.41) is 0.625. The molecule has 0 fully saturated rings. The van der Waals surface area contributed by atoms with Crippen LogP contribution in [0.2, 0.25) is 5.02 Å². The van der Waals surface area contributed by atoms with Gasteiger partial charge in [-0.05, 0) is 42.8 Å². The molecule has 0 saturated carbocycles. The molecule has 0 aromatic heterocycles. The lowest BCUT2D eigenvalue weighted by molar-refractivity contribution is -0.141. The van der Waals surface area contributed by atoms with Crippen molar-refractivity contribution in [1.82, 2.24) is 0 Å². The molecule has 2 aromatic carbocycles. The Morgan fingerprint density at radius 1 is 1.07 bits per heavy atom. The normalized spacial score (nSPS) is 11.1. The van der Waals surface area contributed by atoms with Gasteiger partial charge in [-0.25, -0.2) is 8.42 Å². The standard InChI is InChI=1S/C19H22ClNO5S/c1-15-6-3-4-7-18(15)21(27(2,23)24)14-19(22)26-13-5-12-25-17-10-8-16(20)9-11-17/h3-4,6-11H,5,12-14H2,1-2H3. The molecule has 0 unspecified atom stereocenters. The van der Waals surface area contributed by atoms with E-state index in [0.717, 1.165) is 16.1 Å². The van der Waals surface area contributed by atoms with E-state index in [1.165, 1.54) is 0 Å². The first kappa shape index (κ1) is 21.1. The molecule has 0 aliphatic carbocycles. The Bertz CT molecular complexity index is 868. The number of rotatable bonds is 9. The van der Waals surface area contributed by atoms with Crippen molar-refractivity contribution < 1.29 is 22.7 Å². The highest BCUT2D eigenvalue weighted by Crippen LogP contribution is 2.22. The third-order valence-electron chi connectivity index (χ3n) is 3.69.